The van der Waals surface area contributed by atoms with Gasteiger partial charge < -0.3 is 15.2 Å². The molecular weight excluding hydrogens is 295 g/mol. The Morgan fingerprint density at radius 1 is 1.18 bits per heavy atom. The molecule has 0 bridgehead atoms. The molecule has 2 aromatic rings. The molecule has 0 radical (unpaired) electrons. The summed E-state index contributed by atoms with van der Waals surface area (Å²) in [6.07, 6.45) is -4.62. The Kier molecular flexibility index (Phi) is 3.60. The number of halogens is 3. The molecule has 3 nitrogen and oxygen atoms in total. The van der Waals surface area contributed by atoms with E-state index < -0.39 is 17.8 Å². The largest absolute Gasteiger partial charge is 0.508 e. The van der Waals surface area contributed by atoms with E-state index in [4.69, 9.17) is 4.74 Å². The van der Waals surface area contributed by atoms with Crippen molar-refractivity contribution < 1.29 is 23.0 Å². The molecule has 0 spiro atoms. The maximum Gasteiger partial charge on any atom is 0.416 e. The number of fused-ring (bicyclic) bond motifs is 1. The highest BCUT2D eigenvalue weighted by Gasteiger charge is 2.34. The summed E-state index contributed by atoms with van der Waals surface area (Å²) in [5.74, 6) is 0.634. The number of rotatable bonds is 2. The summed E-state index contributed by atoms with van der Waals surface area (Å²) in [7, 11) is 0. The summed E-state index contributed by atoms with van der Waals surface area (Å²) in [6, 6.07) is 10.1. The zero-order valence-corrected chi connectivity index (χ0v) is 11.5. The van der Waals surface area contributed by atoms with Crippen molar-refractivity contribution >= 4 is 5.69 Å². The molecule has 1 atom stereocenters. The summed E-state index contributed by atoms with van der Waals surface area (Å²) in [5.41, 5.74) is 0.222. The fourth-order valence-corrected chi connectivity index (χ4v) is 2.54. The molecule has 2 aromatic carbocycles. The van der Waals surface area contributed by atoms with Crippen LogP contribution in [0.25, 0.3) is 0 Å². The van der Waals surface area contributed by atoms with Crippen molar-refractivity contribution in [3.8, 4) is 11.5 Å². The highest BCUT2D eigenvalue weighted by atomic mass is 19.4. The normalized spacial score (nSPS) is 17.3. The molecule has 0 aromatic heterocycles. The van der Waals surface area contributed by atoms with Gasteiger partial charge in [0.15, 0.2) is 0 Å². The number of benzene rings is 2. The number of alkyl halides is 3. The van der Waals surface area contributed by atoms with Gasteiger partial charge in [0.05, 0.1) is 17.8 Å². The van der Waals surface area contributed by atoms with Crippen LogP contribution in [0.4, 0.5) is 18.9 Å². The lowest BCUT2D eigenvalue weighted by molar-refractivity contribution is -0.138. The first-order valence-electron chi connectivity index (χ1n) is 6.82. The van der Waals surface area contributed by atoms with Crippen molar-refractivity contribution in [3.05, 3.63) is 53.6 Å². The number of nitrogens with one attached hydrogen (secondary N) is 1. The highest BCUT2D eigenvalue weighted by molar-refractivity contribution is 5.61. The van der Waals surface area contributed by atoms with Gasteiger partial charge in [-0.1, -0.05) is 18.2 Å². The molecule has 2 N–H and O–H groups in total. The Labute approximate surface area is 125 Å². The lowest BCUT2D eigenvalue weighted by Crippen LogP contribution is -2.33. The second kappa shape index (κ2) is 5.44. The van der Waals surface area contributed by atoms with Gasteiger partial charge in [-0.2, -0.15) is 13.2 Å². The molecule has 1 unspecified atom stereocenters. The number of anilines is 1. The fraction of sp³-hybridized carbons (Fsp3) is 0.250. The van der Waals surface area contributed by atoms with Crippen LogP contribution in [0.5, 0.6) is 11.5 Å². The third-order valence-corrected chi connectivity index (χ3v) is 3.55. The molecular formula is C16H14F3NO2. The predicted molar refractivity (Wildman–Crippen MR) is 76.2 cm³/mol. The van der Waals surface area contributed by atoms with Gasteiger partial charge in [-0.3, -0.25) is 0 Å². The first-order valence-corrected chi connectivity index (χ1v) is 6.82. The number of aromatic hydroxyl groups is 1. The number of ether oxygens (including phenoxy) is 1. The van der Waals surface area contributed by atoms with E-state index >= 15 is 0 Å². The van der Waals surface area contributed by atoms with Crippen molar-refractivity contribution in [2.75, 3.05) is 11.9 Å². The standard InChI is InChI=1S/C16H14F3NO2/c17-16(18,19)13-4-2-1-3-10(13)7-12-9-20-14-8-11(21)5-6-15(14)22-12/h1-6,8,12,20-21H,7,9H2. The Bertz CT molecular complexity index is 685. The Morgan fingerprint density at radius 3 is 2.73 bits per heavy atom. The van der Waals surface area contributed by atoms with Crippen LogP contribution in [0.1, 0.15) is 11.1 Å². The topological polar surface area (TPSA) is 41.5 Å². The first-order chi connectivity index (χ1) is 10.4. The second-order valence-electron chi connectivity index (χ2n) is 5.16. The van der Waals surface area contributed by atoms with Crippen molar-refractivity contribution in [2.24, 2.45) is 0 Å². The van der Waals surface area contributed by atoms with Gasteiger partial charge in [-0.05, 0) is 23.8 Å². The van der Waals surface area contributed by atoms with Gasteiger partial charge in [0, 0.05) is 12.5 Å². The van der Waals surface area contributed by atoms with Crippen LogP contribution in [0.2, 0.25) is 0 Å². The fourth-order valence-electron chi connectivity index (χ4n) is 2.54. The van der Waals surface area contributed by atoms with Gasteiger partial charge in [-0.15, -0.1) is 0 Å². The maximum atomic E-state index is 13.0. The van der Waals surface area contributed by atoms with E-state index in [2.05, 4.69) is 5.32 Å². The summed E-state index contributed by atoms with van der Waals surface area (Å²) in [5, 5.41) is 12.5. The van der Waals surface area contributed by atoms with E-state index in [1.165, 1.54) is 24.3 Å². The van der Waals surface area contributed by atoms with E-state index in [0.29, 0.717) is 18.0 Å². The van der Waals surface area contributed by atoms with Gasteiger partial charge in [0.2, 0.25) is 0 Å². The molecule has 116 valence electrons. The first kappa shape index (κ1) is 14.6. The van der Waals surface area contributed by atoms with Crippen molar-refractivity contribution in [1.29, 1.82) is 0 Å². The highest BCUT2D eigenvalue weighted by Crippen LogP contribution is 2.35. The van der Waals surface area contributed by atoms with Crippen molar-refractivity contribution in [2.45, 2.75) is 18.7 Å². The van der Waals surface area contributed by atoms with E-state index in [0.717, 1.165) is 6.07 Å². The smallest absolute Gasteiger partial charge is 0.416 e. The summed E-state index contributed by atoms with van der Waals surface area (Å²) >= 11 is 0. The SMILES string of the molecule is Oc1ccc2c(c1)NCC(Cc1ccccc1C(F)(F)F)O2. The monoisotopic (exact) mass is 309 g/mol. The van der Waals surface area contributed by atoms with Crippen LogP contribution >= 0.6 is 0 Å². The van der Waals surface area contributed by atoms with E-state index in [9.17, 15) is 18.3 Å². The average Bonchev–Trinajstić information content (AvgIpc) is 2.47. The van der Waals surface area contributed by atoms with Crippen LogP contribution in [-0.2, 0) is 12.6 Å². The molecule has 3 rings (SSSR count). The molecule has 0 aliphatic carbocycles. The van der Waals surface area contributed by atoms with Crippen molar-refractivity contribution in [3.63, 3.8) is 0 Å². The average molecular weight is 309 g/mol. The minimum atomic E-state index is -4.37. The molecule has 22 heavy (non-hydrogen) atoms. The summed E-state index contributed by atoms with van der Waals surface area (Å²) < 4.78 is 44.7. The van der Waals surface area contributed by atoms with Gasteiger partial charge in [0.1, 0.15) is 17.6 Å². The molecule has 0 fully saturated rings. The van der Waals surface area contributed by atoms with Crippen LogP contribution in [-0.4, -0.2) is 17.8 Å². The van der Waals surface area contributed by atoms with Crippen molar-refractivity contribution in [1.82, 2.24) is 0 Å². The zero-order chi connectivity index (χ0) is 15.7. The van der Waals surface area contributed by atoms with Crippen LogP contribution in [0, 0.1) is 0 Å². The molecule has 1 heterocycles. The third kappa shape index (κ3) is 2.95. The quantitative estimate of drug-likeness (QED) is 0.886. The van der Waals surface area contributed by atoms with Gasteiger partial charge >= 0.3 is 6.18 Å². The lowest BCUT2D eigenvalue weighted by atomic mass is 10.0. The zero-order valence-electron chi connectivity index (χ0n) is 11.5. The van der Waals surface area contributed by atoms with Crippen LogP contribution in [0.15, 0.2) is 42.5 Å². The summed E-state index contributed by atoms with van der Waals surface area (Å²) in [6.45, 7) is 0.378. The number of hydrogen-bond donors (Lipinski definition) is 2. The number of phenolic OH excluding ortho intramolecular Hbond substituents is 1. The van der Waals surface area contributed by atoms with Crippen LogP contribution in [0.3, 0.4) is 0 Å². The molecule has 6 heteroatoms. The maximum absolute atomic E-state index is 13.0. The molecule has 0 saturated heterocycles. The minimum absolute atomic E-state index is 0.107. The second-order valence-corrected chi connectivity index (χ2v) is 5.16. The van der Waals surface area contributed by atoms with Crippen LogP contribution < -0.4 is 10.1 Å². The Hall–Kier alpha value is -2.37. The van der Waals surface area contributed by atoms with E-state index in [-0.39, 0.29) is 17.7 Å². The van der Waals surface area contributed by atoms with E-state index in [1.54, 1.807) is 12.1 Å². The molecule has 0 saturated carbocycles. The Balaban J connectivity index is 1.80. The minimum Gasteiger partial charge on any atom is -0.508 e. The Morgan fingerprint density at radius 2 is 1.95 bits per heavy atom. The number of phenols is 1. The number of hydrogen-bond acceptors (Lipinski definition) is 3. The van der Waals surface area contributed by atoms with E-state index in [1.807, 2.05) is 0 Å². The molecule has 0 amide bonds. The van der Waals surface area contributed by atoms with Gasteiger partial charge in [0.25, 0.3) is 0 Å². The van der Waals surface area contributed by atoms with Gasteiger partial charge in [-0.25, -0.2) is 0 Å². The predicted octanol–water partition coefficient (Wildman–Crippen LogP) is 3.83. The molecule has 1 aliphatic heterocycles. The third-order valence-electron chi connectivity index (χ3n) is 3.55. The lowest BCUT2D eigenvalue weighted by Gasteiger charge is -2.28. The summed E-state index contributed by atoms with van der Waals surface area (Å²) in [4.78, 5) is 0. The molecule has 1 aliphatic rings.